The Bertz CT molecular complexity index is 406. The maximum atomic E-state index is 12.4. The van der Waals surface area contributed by atoms with E-state index in [4.69, 9.17) is 0 Å². The van der Waals surface area contributed by atoms with Gasteiger partial charge in [-0.05, 0) is 31.6 Å². The molecule has 0 radical (unpaired) electrons. The van der Waals surface area contributed by atoms with Gasteiger partial charge in [-0.1, -0.05) is 32.1 Å². The van der Waals surface area contributed by atoms with E-state index in [1.54, 1.807) is 0 Å². The zero-order valence-corrected chi connectivity index (χ0v) is 14.3. The Hall–Kier alpha value is -1.26. The highest BCUT2D eigenvalue weighted by Gasteiger charge is 2.27. The molecule has 1 heterocycles. The second-order valence-electron chi connectivity index (χ2n) is 7.51. The van der Waals surface area contributed by atoms with E-state index in [0.29, 0.717) is 50.5 Å². The van der Waals surface area contributed by atoms with Gasteiger partial charge in [0, 0.05) is 38.6 Å². The van der Waals surface area contributed by atoms with Crippen LogP contribution in [0.4, 0.5) is 4.79 Å². The van der Waals surface area contributed by atoms with Crippen LogP contribution in [-0.2, 0) is 4.79 Å². The Labute approximate surface area is 139 Å². The van der Waals surface area contributed by atoms with Gasteiger partial charge in [0.25, 0.3) is 0 Å². The molecule has 1 saturated heterocycles. The molecule has 0 aromatic carbocycles. The van der Waals surface area contributed by atoms with Gasteiger partial charge in [-0.15, -0.1) is 0 Å². The summed E-state index contributed by atoms with van der Waals surface area (Å²) in [5.74, 6) is 0.902. The Kier molecular flexibility index (Phi) is 5.79. The molecule has 1 N–H and O–H groups in total. The standard InChI is InChI=1S/C18H31N3O2/c22-17(14-15-6-4-5-7-15)20-10-12-21(13-11-20)18(23)19-16-8-2-1-3-9-16/h15-16H,1-14H2,(H,19,23). The Morgan fingerprint density at radius 2 is 1.35 bits per heavy atom. The molecule has 0 aromatic heterocycles. The van der Waals surface area contributed by atoms with Crippen molar-refractivity contribution < 1.29 is 9.59 Å². The van der Waals surface area contributed by atoms with Gasteiger partial charge in [0.05, 0.1) is 0 Å². The smallest absolute Gasteiger partial charge is 0.317 e. The number of hydrogen-bond acceptors (Lipinski definition) is 2. The van der Waals surface area contributed by atoms with Crippen molar-refractivity contribution in [2.75, 3.05) is 26.2 Å². The van der Waals surface area contributed by atoms with Crippen LogP contribution < -0.4 is 5.32 Å². The van der Waals surface area contributed by atoms with Crippen molar-refractivity contribution in [2.24, 2.45) is 5.92 Å². The van der Waals surface area contributed by atoms with Gasteiger partial charge in [0.2, 0.25) is 5.91 Å². The molecule has 23 heavy (non-hydrogen) atoms. The maximum absolute atomic E-state index is 12.4. The average Bonchev–Trinajstić information content (AvgIpc) is 3.09. The van der Waals surface area contributed by atoms with Gasteiger partial charge >= 0.3 is 6.03 Å². The van der Waals surface area contributed by atoms with Crippen molar-refractivity contribution in [1.82, 2.24) is 15.1 Å². The number of amides is 3. The van der Waals surface area contributed by atoms with Gasteiger partial charge in [0.1, 0.15) is 0 Å². The van der Waals surface area contributed by atoms with Crippen molar-refractivity contribution in [3.05, 3.63) is 0 Å². The van der Waals surface area contributed by atoms with E-state index >= 15 is 0 Å². The third-order valence-electron chi connectivity index (χ3n) is 5.79. The third-order valence-corrected chi connectivity index (χ3v) is 5.79. The van der Waals surface area contributed by atoms with Crippen molar-refractivity contribution in [3.8, 4) is 0 Å². The summed E-state index contributed by atoms with van der Waals surface area (Å²) in [4.78, 5) is 28.5. The minimum absolute atomic E-state index is 0.0693. The zero-order chi connectivity index (χ0) is 16.1. The number of carbonyl (C=O) groups is 2. The van der Waals surface area contributed by atoms with E-state index in [0.717, 1.165) is 12.8 Å². The van der Waals surface area contributed by atoms with Gasteiger partial charge < -0.3 is 15.1 Å². The summed E-state index contributed by atoms with van der Waals surface area (Å²) >= 11 is 0. The summed E-state index contributed by atoms with van der Waals surface area (Å²) in [6.07, 6.45) is 11.7. The number of nitrogens with zero attached hydrogens (tertiary/aromatic N) is 2. The van der Waals surface area contributed by atoms with Gasteiger partial charge in [-0.3, -0.25) is 4.79 Å². The zero-order valence-electron chi connectivity index (χ0n) is 14.3. The van der Waals surface area contributed by atoms with Crippen LogP contribution in [0.5, 0.6) is 0 Å². The monoisotopic (exact) mass is 321 g/mol. The largest absolute Gasteiger partial charge is 0.339 e. The minimum Gasteiger partial charge on any atom is -0.339 e. The first-order valence-electron chi connectivity index (χ1n) is 9.55. The van der Waals surface area contributed by atoms with Crippen LogP contribution in [-0.4, -0.2) is 54.0 Å². The third kappa shape index (κ3) is 4.61. The first-order valence-corrected chi connectivity index (χ1v) is 9.55. The first kappa shape index (κ1) is 16.6. The molecular formula is C18H31N3O2. The Morgan fingerprint density at radius 3 is 2.00 bits per heavy atom. The summed E-state index contributed by atoms with van der Waals surface area (Å²) in [6, 6.07) is 0.429. The molecule has 2 aliphatic carbocycles. The fourth-order valence-corrected chi connectivity index (χ4v) is 4.26. The molecular weight excluding hydrogens is 290 g/mol. The first-order chi connectivity index (χ1) is 11.2. The minimum atomic E-state index is 0.0693. The molecule has 0 aromatic rings. The molecule has 2 saturated carbocycles. The maximum Gasteiger partial charge on any atom is 0.317 e. The van der Waals surface area contributed by atoms with E-state index in [9.17, 15) is 9.59 Å². The fourth-order valence-electron chi connectivity index (χ4n) is 4.26. The topological polar surface area (TPSA) is 52.7 Å². The lowest BCUT2D eigenvalue weighted by molar-refractivity contribution is -0.133. The van der Waals surface area contributed by atoms with E-state index in [-0.39, 0.29) is 6.03 Å². The molecule has 1 aliphatic heterocycles. The Balaban J connectivity index is 1.38. The van der Waals surface area contributed by atoms with Crippen molar-refractivity contribution in [3.63, 3.8) is 0 Å². The molecule has 3 rings (SSSR count). The summed E-state index contributed by atoms with van der Waals surface area (Å²) < 4.78 is 0. The van der Waals surface area contributed by atoms with Crippen LogP contribution in [0, 0.1) is 5.92 Å². The highest BCUT2D eigenvalue weighted by atomic mass is 16.2. The quantitative estimate of drug-likeness (QED) is 0.869. The van der Waals surface area contributed by atoms with Gasteiger partial charge in [0.15, 0.2) is 0 Å². The van der Waals surface area contributed by atoms with Crippen LogP contribution >= 0.6 is 0 Å². The molecule has 5 nitrogen and oxygen atoms in total. The predicted octanol–water partition coefficient (Wildman–Crippen LogP) is 2.75. The normalized spacial score (nSPS) is 24.0. The Morgan fingerprint density at radius 1 is 0.783 bits per heavy atom. The number of carbonyl (C=O) groups excluding carboxylic acids is 2. The molecule has 0 atom stereocenters. The summed E-state index contributed by atoms with van der Waals surface area (Å²) in [5, 5.41) is 3.17. The molecule has 5 heteroatoms. The van der Waals surface area contributed by atoms with Crippen molar-refractivity contribution in [1.29, 1.82) is 0 Å². The van der Waals surface area contributed by atoms with Crippen LogP contribution in [0.1, 0.15) is 64.2 Å². The van der Waals surface area contributed by atoms with Gasteiger partial charge in [-0.2, -0.15) is 0 Å². The molecule has 0 unspecified atom stereocenters. The van der Waals surface area contributed by atoms with Crippen LogP contribution in [0.25, 0.3) is 0 Å². The summed E-state index contributed by atoms with van der Waals surface area (Å²) in [7, 11) is 0. The molecule has 0 spiro atoms. The molecule has 3 fully saturated rings. The molecule has 0 bridgehead atoms. The average molecular weight is 321 g/mol. The van der Waals surface area contributed by atoms with Crippen LogP contribution in [0.15, 0.2) is 0 Å². The lowest BCUT2D eigenvalue weighted by Crippen LogP contribution is -2.54. The van der Waals surface area contributed by atoms with Crippen molar-refractivity contribution in [2.45, 2.75) is 70.3 Å². The number of rotatable bonds is 3. The van der Waals surface area contributed by atoms with E-state index < -0.39 is 0 Å². The number of hydrogen-bond donors (Lipinski definition) is 1. The second-order valence-corrected chi connectivity index (χ2v) is 7.51. The fraction of sp³-hybridized carbons (Fsp3) is 0.889. The number of urea groups is 1. The highest BCUT2D eigenvalue weighted by molar-refractivity contribution is 5.78. The molecule has 3 amide bonds. The van der Waals surface area contributed by atoms with E-state index in [1.165, 1.54) is 44.9 Å². The van der Waals surface area contributed by atoms with Crippen molar-refractivity contribution >= 4 is 11.9 Å². The second kappa shape index (κ2) is 8.02. The number of nitrogens with one attached hydrogen (secondary N) is 1. The summed E-state index contributed by atoms with van der Waals surface area (Å²) in [6.45, 7) is 2.75. The summed E-state index contributed by atoms with van der Waals surface area (Å²) in [5.41, 5.74) is 0. The van der Waals surface area contributed by atoms with E-state index in [2.05, 4.69) is 5.32 Å². The lowest BCUT2D eigenvalue weighted by Gasteiger charge is -2.36. The number of piperazine rings is 1. The predicted molar refractivity (Wildman–Crippen MR) is 90.1 cm³/mol. The highest BCUT2D eigenvalue weighted by Crippen LogP contribution is 2.28. The molecule has 130 valence electrons. The van der Waals surface area contributed by atoms with E-state index in [1.807, 2.05) is 9.80 Å². The van der Waals surface area contributed by atoms with Gasteiger partial charge in [-0.25, -0.2) is 4.79 Å². The lowest BCUT2D eigenvalue weighted by atomic mass is 9.96. The molecule has 3 aliphatic rings. The van der Waals surface area contributed by atoms with Crippen LogP contribution in [0.3, 0.4) is 0 Å². The van der Waals surface area contributed by atoms with Crippen LogP contribution in [0.2, 0.25) is 0 Å². The SMILES string of the molecule is O=C(CC1CCCC1)N1CCN(C(=O)NC2CCCCC2)CC1.